The number of benzene rings is 19. The van der Waals surface area contributed by atoms with Crippen molar-refractivity contribution >= 4 is 196 Å². The Morgan fingerprint density at radius 2 is 0.333 bits per heavy atom. The summed E-state index contributed by atoms with van der Waals surface area (Å²) >= 11 is 0. The summed E-state index contributed by atoms with van der Waals surface area (Å²) in [5.41, 5.74) is 32.9. The van der Waals surface area contributed by atoms with Crippen molar-refractivity contribution in [3.8, 4) is 51.2 Å². The maximum absolute atomic E-state index is 4.88. The molecule has 19 aromatic carbocycles. The molecule has 0 aliphatic carbocycles. The second-order valence-corrected chi connectivity index (χ2v) is 35.1. The summed E-state index contributed by atoms with van der Waals surface area (Å²) in [4.78, 5) is 9.41. The maximum Gasteiger partial charge on any atom is 0.0964 e. The number of hydrogen-bond acceptors (Lipinski definition) is 2. The predicted molar refractivity (Wildman–Crippen MR) is 564 cm³/mol. The smallest absolute Gasteiger partial charge is 0.0964 e. The zero-order chi connectivity index (χ0) is 88.5. The first-order valence-electron chi connectivity index (χ1n) is 46.1. The summed E-state index contributed by atoms with van der Waals surface area (Å²) in [6, 6.07) is 166. The highest BCUT2D eigenvalue weighted by Crippen LogP contribution is 2.49. The number of aromatic nitrogens is 11. The first kappa shape index (κ1) is 75.6. The average molecular weight is 1720 g/mol. The molecule has 0 amide bonds. The van der Waals surface area contributed by atoms with Crippen LogP contribution in [0.2, 0.25) is 0 Å². The molecule has 0 aliphatic rings. The zero-order valence-corrected chi connectivity index (χ0v) is 73.0. The fourth-order valence-electron chi connectivity index (χ4n) is 22.6. The van der Waals surface area contributed by atoms with Crippen LogP contribution >= 0.6 is 0 Å². The van der Waals surface area contributed by atoms with Crippen LogP contribution in [0.5, 0.6) is 0 Å². The Kier molecular flexibility index (Phi) is 16.9. The van der Waals surface area contributed by atoms with Crippen molar-refractivity contribution in [1.29, 1.82) is 0 Å². The van der Waals surface area contributed by atoms with Gasteiger partial charge in [0.2, 0.25) is 0 Å². The molecular weight excluding hydrogens is 1640 g/mol. The van der Waals surface area contributed by atoms with Crippen LogP contribution in [0.25, 0.3) is 248 Å². The van der Waals surface area contributed by atoms with E-state index >= 15 is 0 Å². The summed E-state index contributed by atoms with van der Waals surface area (Å²) in [5.74, 6) is 0. The molecule has 0 N–H and O–H groups in total. The molecule has 0 saturated heterocycles. The van der Waals surface area contributed by atoms with Crippen molar-refractivity contribution in [1.82, 2.24) is 51.1 Å². The van der Waals surface area contributed by atoms with Gasteiger partial charge >= 0.3 is 0 Å². The number of rotatable bonds is 9. The highest BCUT2D eigenvalue weighted by atomic mass is 15.1. The van der Waals surface area contributed by atoms with Crippen LogP contribution in [0.3, 0.4) is 0 Å². The molecule has 11 aromatic heterocycles. The van der Waals surface area contributed by atoms with E-state index in [0.29, 0.717) is 0 Å². The Bertz CT molecular complexity index is 9150. The van der Waals surface area contributed by atoms with Gasteiger partial charge in [-0.15, -0.1) is 0 Å². The second kappa shape index (κ2) is 30.1. The van der Waals surface area contributed by atoms with Crippen molar-refractivity contribution in [3.05, 3.63) is 480 Å². The average Bonchev–Trinajstić information content (AvgIpc) is 1.55. The predicted octanol–water partition coefficient (Wildman–Crippen LogP) is 31.7. The molecule has 0 saturated carbocycles. The van der Waals surface area contributed by atoms with Crippen molar-refractivity contribution in [2.24, 2.45) is 0 Å². The van der Waals surface area contributed by atoms with Gasteiger partial charge in [-0.1, -0.05) is 237 Å². The summed E-state index contributed by atoms with van der Waals surface area (Å²) < 4.78 is 21.5. The third-order valence-corrected chi connectivity index (χ3v) is 28.0. The quantitative estimate of drug-likeness (QED) is 0.144. The molecule has 30 aromatic rings. The van der Waals surface area contributed by atoms with Gasteiger partial charge in [0.1, 0.15) is 0 Å². The number of fused-ring (bicyclic) bond motifs is 30. The molecule has 11 nitrogen and oxygen atoms in total. The molecule has 0 radical (unpaired) electrons. The minimum Gasteiger partial charge on any atom is -0.309 e. The zero-order valence-electron chi connectivity index (χ0n) is 73.0. The third-order valence-electron chi connectivity index (χ3n) is 28.0. The van der Waals surface area contributed by atoms with E-state index in [2.05, 4.69) is 501 Å². The van der Waals surface area contributed by atoms with Gasteiger partial charge in [-0.05, 0) is 224 Å². The van der Waals surface area contributed by atoms with Gasteiger partial charge < -0.3 is 41.1 Å². The Labute approximate surface area is 773 Å². The highest BCUT2D eigenvalue weighted by molar-refractivity contribution is 6.32. The highest BCUT2D eigenvalue weighted by Gasteiger charge is 2.28. The third kappa shape index (κ3) is 11.4. The number of pyridine rings is 2. The van der Waals surface area contributed by atoms with Gasteiger partial charge in [0, 0.05) is 161 Å². The lowest BCUT2D eigenvalue weighted by Crippen LogP contribution is -1.96. The van der Waals surface area contributed by atoms with E-state index in [0.717, 1.165) is 61.3 Å². The fraction of sp³-hybridized carbons (Fsp3) is 0. The van der Waals surface area contributed by atoms with Crippen molar-refractivity contribution in [2.45, 2.75) is 0 Å². The minimum absolute atomic E-state index is 1.01. The van der Waals surface area contributed by atoms with Gasteiger partial charge in [-0.2, -0.15) is 0 Å². The second-order valence-electron chi connectivity index (χ2n) is 35.1. The van der Waals surface area contributed by atoms with Crippen LogP contribution in [0.4, 0.5) is 0 Å². The first-order chi connectivity index (χ1) is 67.1. The molecule has 0 aliphatic heterocycles. The largest absolute Gasteiger partial charge is 0.309 e. The van der Waals surface area contributed by atoms with Gasteiger partial charge in [-0.25, -0.2) is 0 Å². The Hall–Kier alpha value is -18.3. The van der Waals surface area contributed by atoms with Crippen LogP contribution in [-0.2, 0) is 0 Å². The van der Waals surface area contributed by atoms with Gasteiger partial charge in [0.15, 0.2) is 0 Å². The first-order valence-corrected chi connectivity index (χ1v) is 46.1. The Balaban J connectivity index is 0.000000101. The summed E-state index contributed by atoms with van der Waals surface area (Å²) in [7, 11) is 0. The molecule has 0 atom stereocenters. The molecule has 30 rings (SSSR count). The van der Waals surface area contributed by atoms with Gasteiger partial charge in [-0.3, -0.25) is 9.97 Å². The van der Waals surface area contributed by atoms with E-state index in [1.807, 2.05) is 24.7 Å². The fourth-order valence-corrected chi connectivity index (χ4v) is 22.6. The minimum atomic E-state index is 1.01. The standard InChI is InChI=1S/C42H27N3.2C41H26N4/c1-3-13-28(14-4-1)43-35-20-10-7-17-31(35)34-27-30(23-24-38(34)43)45-37-22-12-9-19-33(37)42-40(45)26-25-39-41(42)32-18-8-11-21-36(32)44(39)29-15-5-2-6-16-29;1-3-12-27(13-4-1)43-33-18-9-7-16-30(33)39-36(43)23-24-37-40(39)31-17-8-10-19-34(31)45(37)29-21-22-35-32(26-29)41-38(20-11-25-42-41)44(35)28-14-5-2-6-15-28;1-3-11-27(12-4-1)43-36-20-19-29(25-32(36)33-26-42-24-23-37(33)43)45-35-18-10-8-16-31(35)41-39(45)22-21-38-40(41)30-15-7-9-17-34(30)44(38)28-13-5-2-6-14-28/h1-27H;2*1-26H. The number of para-hydroxylation sites is 13. The molecule has 0 unspecified atom stereocenters. The van der Waals surface area contributed by atoms with Crippen LogP contribution in [-0.4, -0.2) is 51.1 Å². The molecule has 630 valence electrons. The lowest BCUT2D eigenvalue weighted by molar-refractivity contribution is 1.16. The van der Waals surface area contributed by atoms with Crippen molar-refractivity contribution in [2.75, 3.05) is 0 Å². The van der Waals surface area contributed by atoms with Crippen LogP contribution in [0, 0.1) is 0 Å². The van der Waals surface area contributed by atoms with E-state index < -0.39 is 0 Å². The van der Waals surface area contributed by atoms with Crippen molar-refractivity contribution < 1.29 is 0 Å². The van der Waals surface area contributed by atoms with E-state index in [1.165, 1.54) is 186 Å². The van der Waals surface area contributed by atoms with E-state index in [1.54, 1.807) is 0 Å². The van der Waals surface area contributed by atoms with Crippen LogP contribution in [0.15, 0.2) is 480 Å². The van der Waals surface area contributed by atoms with Crippen molar-refractivity contribution in [3.63, 3.8) is 0 Å². The Morgan fingerprint density at radius 3 is 0.644 bits per heavy atom. The maximum atomic E-state index is 4.88. The molecular formula is C124H79N11. The van der Waals surface area contributed by atoms with Crippen LogP contribution in [0.1, 0.15) is 0 Å². The summed E-state index contributed by atoms with van der Waals surface area (Å²) in [5, 5.41) is 21.2. The lowest BCUT2D eigenvalue weighted by Gasteiger charge is -2.11. The van der Waals surface area contributed by atoms with Crippen LogP contribution < -0.4 is 0 Å². The van der Waals surface area contributed by atoms with E-state index in [9.17, 15) is 0 Å². The topological polar surface area (TPSA) is 70.2 Å². The van der Waals surface area contributed by atoms with Gasteiger partial charge in [0.25, 0.3) is 0 Å². The normalized spacial score (nSPS) is 12.0. The molecule has 11 heteroatoms. The SMILES string of the molecule is c1ccc(-n2c3ccc(-n4c5ccccc5c5c6c7ccccc7n(-c7ccccc7)c6ccc54)cc3c3ncccc32)cc1.c1ccc(-n2c3ccccc3c3cc(-n4c5ccccc5c5c6c7ccccc7n(-c7ccccc7)c6ccc54)ccc32)cc1.c1ccc(-n2c3ccncc3c3cc(-n4c5ccccc5c5c6c7ccccc7n(-c7ccccc7)c6ccc54)ccc32)cc1. The summed E-state index contributed by atoms with van der Waals surface area (Å²) in [6.45, 7) is 0. The Morgan fingerprint density at radius 1 is 0.126 bits per heavy atom. The molecule has 11 heterocycles. The van der Waals surface area contributed by atoms with Gasteiger partial charge in [0.05, 0.1) is 105 Å². The van der Waals surface area contributed by atoms with E-state index in [4.69, 9.17) is 4.98 Å². The molecule has 0 fully saturated rings. The monoisotopic (exact) mass is 1720 g/mol. The number of nitrogens with zero attached hydrogens (tertiary/aromatic N) is 11. The molecule has 0 bridgehead atoms. The number of hydrogen-bond donors (Lipinski definition) is 0. The lowest BCUT2D eigenvalue weighted by atomic mass is 10.1. The molecule has 135 heavy (non-hydrogen) atoms. The molecule has 0 spiro atoms. The summed E-state index contributed by atoms with van der Waals surface area (Å²) in [6.07, 6.45) is 5.77. The van der Waals surface area contributed by atoms with E-state index in [-0.39, 0.29) is 0 Å².